The molecule has 0 spiro atoms. The number of hydrogen-bond donors (Lipinski definition) is 1. The van der Waals surface area contributed by atoms with Crippen LogP contribution in [0.25, 0.3) is 0 Å². The van der Waals surface area contributed by atoms with Crippen LogP contribution in [0.1, 0.15) is 31.2 Å². The summed E-state index contributed by atoms with van der Waals surface area (Å²) < 4.78 is 5.78. The molecule has 0 bridgehead atoms. The van der Waals surface area contributed by atoms with E-state index in [1.54, 1.807) is 0 Å². The smallest absolute Gasteiger partial charge is 0.233 e. The molecule has 1 aliphatic rings. The van der Waals surface area contributed by atoms with E-state index in [9.17, 15) is 4.79 Å². The van der Waals surface area contributed by atoms with Crippen molar-refractivity contribution in [1.82, 2.24) is 20.1 Å². The lowest BCUT2D eigenvalue weighted by molar-refractivity contribution is -0.128. The Morgan fingerprint density at radius 3 is 2.47 bits per heavy atom. The van der Waals surface area contributed by atoms with E-state index in [4.69, 9.17) is 4.74 Å². The van der Waals surface area contributed by atoms with Crippen LogP contribution in [-0.4, -0.2) is 57.9 Å². The van der Waals surface area contributed by atoms with Gasteiger partial charge in [-0.05, 0) is 35.7 Å². The molecule has 0 radical (unpaired) electrons. The predicted molar refractivity (Wildman–Crippen MR) is 127 cm³/mol. The Bertz CT molecular complexity index is 999. The lowest BCUT2D eigenvalue weighted by atomic mass is 10.0. The van der Waals surface area contributed by atoms with Crippen LogP contribution >= 0.6 is 11.8 Å². The summed E-state index contributed by atoms with van der Waals surface area (Å²) in [6.07, 6.45) is 0. The highest BCUT2D eigenvalue weighted by Crippen LogP contribution is 2.20. The highest BCUT2D eigenvalue weighted by molar-refractivity contribution is 7.99. The largest absolute Gasteiger partial charge is 0.486 e. The van der Waals surface area contributed by atoms with Crippen LogP contribution in [0.5, 0.6) is 5.75 Å². The number of benzene rings is 2. The molecule has 8 heteroatoms. The molecule has 0 saturated carbocycles. The Kier molecular flexibility index (Phi) is 7.32. The number of amides is 1. The van der Waals surface area contributed by atoms with Crippen LogP contribution < -0.4 is 9.64 Å². The highest BCUT2D eigenvalue weighted by atomic mass is 32.2. The monoisotopic (exact) mass is 451 g/mol. The SMILES string of the molecule is CC(C)c1ccc(OCc2nc(SCC(=O)N3CCN(c4ccccc4)CC3)n[nH]2)cc1. The summed E-state index contributed by atoms with van der Waals surface area (Å²) in [6, 6.07) is 18.4. The second kappa shape index (κ2) is 10.5. The first-order chi connectivity index (χ1) is 15.6. The number of carbonyl (C=O) groups excluding carboxylic acids is 1. The molecule has 1 N–H and O–H groups in total. The Morgan fingerprint density at radius 2 is 1.78 bits per heavy atom. The van der Waals surface area contributed by atoms with Crippen molar-refractivity contribution in [2.75, 3.05) is 36.8 Å². The van der Waals surface area contributed by atoms with Gasteiger partial charge in [-0.1, -0.05) is 55.9 Å². The minimum Gasteiger partial charge on any atom is -0.486 e. The van der Waals surface area contributed by atoms with Crippen molar-refractivity contribution < 1.29 is 9.53 Å². The van der Waals surface area contributed by atoms with Gasteiger partial charge in [-0.25, -0.2) is 4.98 Å². The van der Waals surface area contributed by atoms with E-state index in [1.165, 1.54) is 23.0 Å². The summed E-state index contributed by atoms with van der Waals surface area (Å²) in [5.74, 6) is 2.39. The molecule has 7 nitrogen and oxygen atoms in total. The van der Waals surface area contributed by atoms with Crippen molar-refractivity contribution >= 4 is 23.4 Å². The third-order valence-electron chi connectivity index (χ3n) is 5.51. The molecular formula is C24H29N5O2S. The first-order valence-electron chi connectivity index (χ1n) is 10.9. The van der Waals surface area contributed by atoms with Gasteiger partial charge in [-0.3, -0.25) is 9.89 Å². The van der Waals surface area contributed by atoms with Crippen LogP contribution in [-0.2, 0) is 11.4 Å². The van der Waals surface area contributed by atoms with Crippen molar-refractivity contribution in [3.8, 4) is 5.75 Å². The van der Waals surface area contributed by atoms with Crippen LogP contribution in [0.2, 0.25) is 0 Å². The molecular weight excluding hydrogens is 422 g/mol. The normalized spacial score (nSPS) is 14.1. The molecule has 1 saturated heterocycles. The fourth-order valence-electron chi connectivity index (χ4n) is 3.58. The molecule has 1 amide bonds. The zero-order valence-electron chi connectivity index (χ0n) is 18.5. The second-order valence-corrected chi connectivity index (χ2v) is 9.01. The summed E-state index contributed by atoms with van der Waals surface area (Å²) >= 11 is 1.35. The van der Waals surface area contributed by atoms with E-state index in [0.29, 0.717) is 29.3 Å². The number of thioether (sulfide) groups is 1. The number of ether oxygens (including phenoxy) is 1. The first kappa shape index (κ1) is 22.2. The van der Waals surface area contributed by atoms with Crippen molar-refractivity contribution in [3.63, 3.8) is 0 Å². The number of para-hydroxylation sites is 1. The Hall–Kier alpha value is -3.00. The summed E-state index contributed by atoms with van der Waals surface area (Å²) in [6.45, 7) is 7.80. The molecule has 0 unspecified atom stereocenters. The van der Waals surface area contributed by atoms with Crippen molar-refractivity contribution in [1.29, 1.82) is 0 Å². The predicted octanol–water partition coefficient (Wildman–Crippen LogP) is 3.95. The lowest BCUT2D eigenvalue weighted by Gasteiger charge is -2.36. The molecule has 1 aromatic heterocycles. The van der Waals surface area contributed by atoms with Gasteiger partial charge >= 0.3 is 0 Å². The molecule has 0 atom stereocenters. The van der Waals surface area contributed by atoms with E-state index in [-0.39, 0.29) is 5.91 Å². The number of hydrogen-bond acceptors (Lipinski definition) is 6. The number of H-pyrrole nitrogens is 1. The van der Waals surface area contributed by atoms with Gasteiger partial charge in [0.15, 0.2) is 5.82 Å². The highest BCUT2D eigenvalue weighted by Gasteiger charge is 2.21. The van der Waals surface area contributed by atoms with Gasteiger partial charge in [0.2, 0.25) is 11.1 Å². The third kappa shape index (κ3) is 5.82. The Morgan fingerprint density at radius 1 is 1.06 bits per heavy atom. The number of piperazine rings is 1. The number of aromatic nitrogens is 3. The molecule has 2 aromatic carbocycles. The van der Waals surface area contributed by atoms with E-state index >= 15 is 0 Å². The van der Waals surface area contributed by atoms with E-state index in [1.807, 2.05) is 35.2 Å². The van der Waals surface area contributed by atoms with E-state index < -0.39 is 0 Å². The van der Waals surface area contributed by atoms with Crippen LogP contribution in [0.15, 0.2) is 59.8 Å². The van der Waals surface area contributed by atoms with Gasteiger partial charge in [-0.15, -0.1) is 5.10 Å². The number of nitrogens with zero attached hydrogens (tertiary/aromatic N) is 4. The third-order valence-corrected chi connectivity index (χ3v) is 6.34. The van der Waals surface area contributed by atoms with Gasteiger partial charge in [0.25, 0.3) is 0 Å². The summed E-state index contributed by atoms with van der Waals surface area (Å²) in [7, 11) is 0. The van der Waals surface area contributed by atoms with E-state index in [0.717, 1.165) is 31.9 Å². The fourth-order valence-corrected chi connectivity index (χ4v) is 4.30. The van der Waals surface area contributed by atoms with Gasteiger partial charge in [-0.2, -0.15) is 0 Å². The minimum atomic E-state index is 0.121. The fraction of sp³-hybridized carbons (Fsp3) is 0.375. The average Bonchev–Trinajstić information content (AvgIpc) is 3.30. The van der Waals surface area contributed by atoms with Crippen LogP contribution in [0.4, 0.5) is 5.69 Å². The first-order valence-corrected chi connectivity index (χ1v) is 11.9. The van der Waals surface area contributed by atoms with Crippen molar-refractivity contribution in [2.45, 2.75) is 31.5 Å². The number of nitrogens with one attached hydrogen (secondary N) is 1. The quantitative estimate of drug-likeness (QED) is 0.523. The maximum Gasteiger partial charge on any atom is 0.233 e. The Labute approximate surface area is 193 Å². The summed E-state index contributed by atoms with van der Waals surface area (Å²) in [5.41, 5.74) is 2.49. The van der Waals surface area contributed by atoms with Crippen molar-refractivity contribution in [2.24, 2.45) is 0 Å². The van der Waals surface area contributed by atoms with Gasteiger partial charge < -0.3 is 14.5 Å². The van der Waals surface area contributed by atoms with Crippen LogP contribution in [0.3, 0.4) is 0 Å². The molecule has 32 heavy (non-hydrogen) atoms. The van der Waals surface area contributed by atoms with E-state index in [2.05, 4.69) is 58.2 Å². The number of aromatic amines is 1. The minimum absolute atomic E-state index is 0.121. The number of rotatable bonds is 8. The zero-order valence-corrected chi connectivity index (χ0v) is 19.3. The van der Waals surface area contributed by atoms with Crippen molar-refractivity contribution in [3.05, 3.63) is 66.0 Å². The van der Waals surface area contributed by atoms with Gasteiger partial charge in [0.05, 0.1) is 5.75 Å². The Balaban J connectivity index is 1.20. The lowest BCUT2D eigenvalue weighted by Crippen LogP contribution is -2.49. The molecule has 1 aliphatic heterocycles. The maximum absolute atomic E-state index is 12.6. The number of anilines is 1. The molecule has 1 fully saturated rings. The maximum atomic E-state index is 12.6. The molecule has 4 rings (SSSR count). The van der Waals surface area contributed by atoms with Crippen LogP contribution in [0, 0.1) is 0 Å². The molecule has 0 aliphatic carbocycles. The topological polar surface area (TPSA) is 74.3 Å². The molecule has 2 heterocycles. The summed E-state index contributed by atoms with van der Waals surface area (Å²) in [5, 5.41) is 7.66. The molecule has 168 valence electrons. The average molecular weight is 452 g/mol. The standard InChI is InChI=1S/C24H29N5O2S/c1-18(2)19-8-10-21(11-9-19)31-16-22-25-24(27-26-22)32-17-23(30)29-14-12-28(13-15-29)20-6-4-3-5-7-20/h3-11,18H,12-17H2,1-2H3,(H,25,26,27). The van der Waals surface area contributed by atoms with Gasteiger partial charge in [0.1, 0.15) is 12.4 Å². The second-order valence-electron chi connectivity index (χ2n) is 8.07. The molecule has 3 aromatic rings. The summed E-state index contributed by atoms with van der Waals surface area (Å²) in [4.78, 5) is 21.3. The van der Waals surface area contributed by atoms with Gasteiger partial charge in [0, 0.05) is 31.9 Å². The zero-order chi connectivity index (χ0) is 22.3. The number of carbonyl (C=O) groups is 1.